The van der Waals surface area contributed by atoms with Gasteiger partial charge in [0, 0.05) is 10.4 Å². The van der Waals surface area contributed by atoms with Crippen molar-refractivity contribution < 1.29 is 9.18 Å². The molecule has 0 aliphatic rings. The zero-order chi connectivity index (χ0) is 14.1. The molecule has 3 rings (SSSR count). The van der Waals surface area contributed by atoms with Crippen molar-refractivity contribution in [2.24, 2.45) is 0 Å². The Morgan fingerprint density at radius 2 is 1.95 bits per heavy atom. The number of carbonyl (C=O) groups is 1. The summed E-state index contributed by atoms with van der Waals surface area (Å²) in [5.41, 5.74) is 6.53. The third kappa shape index (κ3) is 2.35. The van der Waals surface area contributed by atoms with Gasteiger partial charge in [-0.05, 0) is 41.8 Å². The number of benzene rings is 2. The highest BCUT2D eigenvalue weighted by Crippen LogP contribution is 2.28. The summed E-state index contributed by atoms with van der Waals surface area (Å²) in [6.45, 7) is 0. The van der Waals surface area contributed by atoms with Gasteiger partial charge in [0.05, 0.1) is 10.6 Å². The molecule has 3 aromatic rings. The second-order valence-corrected chi connectivity index (χ2v) is 5.43. The molecule has 2 aromatic carbocycles. The number of amides is 1. The molecule has 3 N–H and O–H groups in total. The van der Waals surface area contributed by atoms with E-state index >= 15 is 0 Å². The zero-order valence-corrected chi connectivity index (χ0v) is 11.2. The minimum Gasteiger partial charge on any atom is -0.399 e. The van der Waals surface area contributed by atoms with Crippen LogP contribution in [0.15, 0.2) is 48.5 Å². The van der Waals surface area contributed by atoms with Crippen LogP contribution in [-0.4, -0.2) is 5.91 Å². The highest BCUT2D eigenvalue weighted by molar-refractivity contribution is 7.20. The SMILES string of the molecule is Nc1ccc2sc(C(=O)Nc3ccccc3F)cc2c1. The van der Waals surface area contributed by atoms with Crippen LogP contribution in [0.4, 0.5) is 15.8 Å². The van der Waals surface area contributed by atoms with Crippen molar-refractivity contribution in [3.05, 3.63) is 59.2 Å². The van der Waals surface area contributed by atoms with Crippen LogP contribution in [0.25, 0.3) is 10.1 Å². The molecule has 0 saturated carbocycles. The molecule has 1 heterocycles. The Bertz CT molecular complexity index is 797. The Labute approximate surface area is 118 Å². The second-order valence-electron chi connectivity index (χ2n) is 4.34. The number of carbonyl (C=O) groups excluding carboxylic acids is 1. The van der Waals surface area contributed by atoms with Crippen LogP contribution in [-0.2, 0) is 0 Å². The fourth-order valence-corrected chi connectivity index (χ4v) is 2.86. The molecule has 0 aliphatic heterocycles. The Balaban J connectivity index is 1.91. The maximum atomic E-state index is 13.5. The van der Waals surface area contributed by atoms with Crippen LogP contribution in [0.2, 0.25) is 0 Å². The largest absolute Gasteiger partial charge is 0.399 e. The lowest BCUT2D eigenvalue weighted by atomic mass is 10.2. The van der Waals surface area contributed by atoms with E-state index in [1.165, 1.54) is 23.5 Å². The van der Waals surface area contributed by atoms with Crippen molar-refractivity contribution in [3.8, 4) is 0 Å². The molecule has 1 amide bonds. The molecule has 0 atom stereocenters. The summed E-state index contributed by atoms with van der Waals surface area (Å²) in [5.74, 6) is -0.777. The third-order valence-electron chi connectivity index (χ3n) is 2.89. The number of fused-ring (bicyclic) bond motifs is 1. The van der Waals surface area contributed by atoms with Crippen LogP contribution in [0.1, 0.15) is 9.67 Å². The van der Waals surface area contributed by atoms with E-state index in [2.05, 4.69) is 5.32 Å². The van der Waals surface area contributed by atoms with Gasteiger partial charge in [-0.3, -0.25) is 4.79 Å². The summed E-state index contributed by atoms with van der Waals surface area (Å²) in [6.07, 6.45) is 0. The molecule has 0 bridgehead atoms. The van der Waals surface area contributed by atoms with E-state index in [-0.39, 0.29) is 11.6 Å². The van der Waals surface area contributed by atoms with Crippen LogP contribution >= 0.6 is 11.3 Å². The number of nitrogens with two attached hydrogens (primary N) is 1. The zero-order valence-electron chi connectivity index (χ0n) is 10.4. The summed E-state index contributed by atoms with van der Waals surface area (Å²) < 4.78 is 14.5. The molecule has 0 saturated heterocycles. The topological polar surface area (TPSA) is 55.1 Å². The predicted octanol–water partition coefficient (Wildman–Crippen LogP) is 3.87. The minimum atomic E-state index is -0.453. The molecule has 1 aromatic heterocycles. The molecule has 0 radical (unpaired) electrons. The van der Waals surface area contributed by atoms with Crippen molar-refractivity contribution in [2.75, 3.05) is 11.1 Å². The highest BCUT2D eigenvalue weighted by atomic mass is 32.1. The molecule has 0 fully saturated rings. The fraction of sp³-hybridized carbons (Fsp3) is 0. The fourth-order valence-electron chi connectivity index (χ4n) is 1.92. The quantitative estimate of drug-likeness (QED) is 0.702. The van der Waals surface area contributed by atoms with Crippen LogP contribution in [0.5, 0.6) is 0 Å². The first-order valence-electron chi connectivity index (χ1n) is 5.98. The monoisotopic (exact) mass is 286 g/mol. The van der Waals surface area contributed by atoms with Crippen LogP contribution < -0.4 is 11.1 Å². The molecule has 3 nitrogen and oxygen atoms in total. The Morgan fingerprint density at radius 3 is 2.75 bits per heavy atom. The number of nitrogens with one attached hydrogen (secondary N) is 1. The summed E-state index contributed by atoms with van der Waals surface area (Å²) in [7, 11) is 0. The number of nitrogen functional groups attached to an aromatic ring is 1. The van der Waals surface area contributed by atoms with Crippen LogP contribution in [0.3, 0.4) is 0 Å². The number of rotatable bonds is 2. The maximum Gasteiger partial charge on any atom is 0.265 e. The molecule has 100 valence electrons. The molecule has 0 spiro atoms. The number of hydrogen-bond donors (Lipinski definition) is 2. The van der Waals surface area contributed by atoms with Crippen molar-refractivity contribution >= 4 is 38.7 Å². The number of anilines is 2. The van der Waals surface area contributed by atoms with E-state index in [1.54, 1.807) is 24.3 Å². The number of thiophene rings is 1. The van der Waals surface area contributed by atoms with E-state index in [9.17, 15) is 9.18 Å². The predicted molar refractivity (Wildman–Crippen MR) is 80.6 cm³/mol. The molecule has 0 aliphatic carbocycles. The van der Waals surface area contributed by atoms with Crippen molar-refractivity contribution in [1.82, 2.24) is 0 Å². The first kappa shape index (κ1) is 12.6. The molecule has 5 heteroatoms. The lowest BCUT2D eigenvalue weighted by Crippen LogP contribution is -2.11. The highest BCUT2D eigenvalue weighted by Gasteiger charge is 2.12. The van der Waals surface area contributed by atoms with Gasteiger partial charge in [0.2, 0.25) is 0 Å². The van der Waals surface area contributed by atoms with Crippen molar-refractivity contribution in [3.63, 3.8) is 0 Å². The summed E-state index contributed by atoms with van der Waals surface area (Å²) in [6, 6.07) is 13.3. The van der Waals surface area contributed by atoms with E-state index in [0.717, 1.165) is 10.1 Å². The Kier molecular flexibility index (Phi) is 3.12. The number of hydrogen-bond acceptors (Lipinski definition) is 3. The van der Waals surface area contributed by atoms with E-state index in [4.69, 9.17) is 5.73 Å². The molecule has 0 unspecified atom stereocenters. The average Bonchev–Trinajstić information content (AvgIpc) is 2.84. The van der Waals surface area contributed by atoms with Crippen LogP contribution in [0, 0.1) is 5.82 Å². The minimum absolute atomic E-state index is 0.175. The maximum absolute atomic E-state index is 13.5. The average molecular weight is 286 g/mol. The Hall–Kier alpha value is -2.40. The van der Waals surface area contributed by atoms with Gasteiger partial charge in [0.15, 0.2) is 0 Å². The number of para-hydroxylation sites is 1. The van der Waals surface area contributed by atoms with Gasteiger partial charge in [-0.1, -0.05) is 12.1 Å². The number of halogens is 1. The first-order chi connectivity index (χ1) is 9.63. The summed E-state index contributed by atoms with van der Waals surface area (Å²) in [4.78, 5) is 12.6. The van der Waals surface area contributed by atoms with Gasteiger partial charge in [-0.15, -0.1) is 11.3 Å². The van der Waals surface area contributed by atoms with E-state index in [1.807, 2.05) is 12.1 Å². The lowest BCUT2D eigenvalue weighted by molar-refractivity contribution is 0.103. The Morgan fingerprint density at radius 1 is 1.15 bits per heavy atom. The van der Waals surface area contributed by atoms with Gasteiger partial charge >= 0.3 is 0 Å². The summed E-state index contributed by atoms with van der Waals surface area (Å²) in [5, 5.41) is 3.48. The van der Waals surface area contributed by atoms with Crippen molar-refractivity contribution in [2.45, 2.75) is 0 Å². The summed E-state index contributed by atoms with van der Waals surface area (Å²) >= 11 is 1.35. The van der Waals surface area contributed by atoms with Gasteiger partial charge in [-0.2, -0.15) is 0 Å². The van der Waals surface area contributed by atoms with E-state index in [0.29, 0.717) is 10.6 Å². The molecular formula is C15H11FN2OS. The third-order valence-corrected chi connectivity index (χ3v) is 4.00. The second kappa shape index (κ2) is 4.94. The standard InChI is InChI=1S/C15H11FN2OS/c16-11-3-1-2-4-12(11)18-15(19)14-8-9-7-10(17)5-6-13(9)20-14/h1-8H,17H2,(H,18,19). The van der Waals surface area contributed by atoms with E-state index < -0.39 is 5.82 Å². The normalized spacial score (nSPS) is 10.7. The lowest BCUT2D eigenvalue weighted by Gasteiger charge is -2.03. The smallest absolute Gasteiger partial charge is 0.265 e. The van der Waals surface area contributed by atoms with Gasteiger partial charge in [0.25, 0.3) is 5.91 Å². The van der Waals surface area contributed by atoms with Gasteiger partial charge in [-0.25, -0.2) is 4.39 Å². The molecule has 20 heavy (non-hydrogen) atoms. The first-order valence-corrected chi connectivity index (χ1v) is 6.80. The van der Waals surface area contributed by atoms with Gasteiger partial charge < -0.3 is 11.1 Å². The van der Waals surface area contributed by atoms with Gasteiger partial charge in [0.1, 0.15) is 5.82 Å². The molecular weight excluding hydrogens is 275 g/mol. The van der Waals surface area contributed by atoms with Crippen molar-refractivity contribution in [1.29, 1.82) is 0 Å².